The number of carbonyl (C=O) groups is 4. The van der Waals surface area contributed by atoms with Crippen LogP contribution in [0.1, 0.15) is 66.9 Å². The number of ether oxygens (including phenoxy) is 2. The van der Waals surface area contributed by atoms with E-state index in [1.807, 2.05) is 6.92 Å². The van der Waals surface area contributed by atoms with Crippen LogP contribution in [0.25, 0.3) is 6.08 Å². The molecule has 0 saturated heterocycles. The second-order valence-electron chi connectivity index (χ2n) is 10.6. The minimum absolute atomic E-state index is 0.0843. The van der Waals surface area contributed by atoms with Crippen molar-refractivity contribution in [3.05, 3.63) is 33.8 Å². The molecule has 1 aromatic carbocycles. The predicted molar refractivity (Wildman–Crippen MR) is 144 cm³/mol. The molecule has 0 atom stereocenters. The Bertz CT molecular complexity index is 1130. The number of primary amides is 1. The Balaban J connectivity index is 2.48. The van der Waals surface area contributed by atoms with Crippen LogP contribution >= 0.6 is 15.9 Å². The normalized spacial score (nSPS) is 13.4. The summed E-state index contributed by atoms with van der Waals surface area (Å²) >= 11 is 3.42. The van der Waals surface area contributed by atoms with E-state index in [1.54, 1.807) is 65.8 Å². The molecular formula is C26H35BrN4O6. The molecule has 4 amide bonds. The molecule has 0 unspecified atom stereocenters. The Morgan fingerprint density at radius 2 is 1.73 bits per heavy atom. The lowest BCUT2D eigenvalue weighted by atomic mass is 10.1. The topological polar surface area (TPSA) is 132 Å². The lowest BCUT2D eigenvalue weighted by Gasteiger charge is -2.34. The molecular weight excluding hydrogens is 544 g/mol. The summed E-state index contributed by atoms with van der Waals surface area (Å²) in [6.07, 6.45) is 0.246. The second-order valence-corrected chi connectivity index (χ2v) is 11.5. The fourth-order valence-electron chi connectivity index (χ4n) is 3.50. The van der Waals surface area contributed by atoms with E-state index >= 15 is 0 Å². The van der Waals surface area contributed by atoms with Crippen LogP contribution in [0.5, 0.6) is 0 Å². The molecule has 0 bridgehead atoms. The zero-order valence-electron chi connectivity index (χ0n) is 22.4. The molecule has 2 rings (SSSR count). The van der Waals surface area contributed by atoms with Gasteiger partial charge >= 0.3 is 12.2 Å². The van der Waals surface area contributed by atoms with Gasteiger partial charge in [0.15, 0.2) is 0 Å². The van der Waals surface area contributed by atoms with Gasteiger partial charge in [0.2, 0.25) is 11.8 Å². The Morgan fingerprint density at radius 1 is 1.08 bits per heavy atom. The highest BCUT2D eigenvalue weighted by Gasteiger charge is 2.38. The molecule has 0 aliphatic carbocycles. The van der Waals surface area contributed by atoms with Crippen molar-refractivity contribution in [2.24, 2.45) is 10.7 Å². The molecule has 0 aromatic heterocycles. The van der Waals surface area contributed by atoms with Crippen LogP contribution in [0, 0.1) is 0 Å². The van der Waals surface area contributed by atoms with E-state index in [4.69, 9.17) is 15.2 Å². The molecule has 0 spiro atoms. The molecule has 1 heterocycles. The van der Waals surface area contributed by atoms with Gasteiger partial charge in [-0.05, 0) is 72.2 Å². The number of benzene rings is 1. The van der Waals surface area contributed by atoms with E-state index in [-0.39, 0.29) is 24.4 Å². The molecule has 1 aliphatic rings. The molecule has 0 fully saturated rings. The standard InChI is InChI=1S/C26H35BrN4O6/c1-8-11-30(15-20(28)32)22(33)17-12-16-13-18(27)9-10-19(16)29-21(14-17)36-23(34)31(25(2,3)4)24(35)37-26(5,6)7/h9-10,12-13H,8,11,14-15H2,1-7H3,(H2,28,32). The van der Waals surface area contributed by atoms with E-state index in [9.17, 15) is 19.2 Å². The highest BCUT2D eigenvalue weighted by atomic mass is 79.9. The summed E-state index contributed by atoms with van der Waals surface area (Å²) in [4.78, 5) is 57.8. The van der Waals surface area contributed by atoms with Crippen LogP contribution < -0.4 is 5.73 Å². The summed E-state index contributed by atoms with van der Waals surface area (Å²) in [5.74, 6) is -1.16. The third-order valence-electron chi connectivity index (χ3n) is 4.94. The predicted octanol–water partition coefficient (Wildman–Crippen LogP) is 5.16. The number of aliphatic imine (C=N–C) groups is 1. The number of rotatable bonds is 5. The Kier molecular flexibility index (Phi) is 9.65. The van der Waals surface area contributed by atoms with Crippen molar-refractivity contribution in [3.63, 3.8) is 0 Å². The first-order valence-corrected chi connectivity index (χ1v) is 12.7. The van der Waals surface area contributed by atoms with Crippen LogP contribution in [0.15, 0.2) is 33.2 Å². The number of halogens is 1. The third kappa shape index (κ3) is 8.70. The largest absolute Gasteiger partial charge is 0.443 e. The number of nitrogens with zero attached hydrogens (tertiary/aromatic N) is 3. The molecule has 202 valence electrons. The number of amides is 4. The van der Waals surface area contributed by atoms with Crippen LogP contribution in [0.2, 0.25) is 0 Å². The number of carbonyl (C=O) groups excluding carboxylic acids is 4. The zero-order valence-corrected chi connectivity index (χ0v) is 24.0. The lowest BCUT2D eigenvalue weighted by Crippen LogP contribution is -2.51. The van der Waals surface area contributed by atoms with Crippen molar-refractivity contribution in [1.29, 1.82) is 0 Å². The SMILES string of the molecule is CCCN(CC(N)=O)C(=O)C1=Cc2cc(Br)ccc2N=C(OC(=O)N(C(=O)OC(C)(C)C)C(C)(C)C)C1. The van der Waals surface area contributed by atoms with Crippen molar-refractivity contribution >= 4 is 57.6 Å². The quantitative estimate of drug-likeness (QED) is 0.513. The number of fused-ring (bicyclic) bond motifs is 1. The van der Waals surface area contributed by atoms with Gasteiger partial charge < -0.3 is 20.1 Å². The van der Waals surface area contributed by atoms with Gasteiger partial charge in [-0.15, -0.1) is 0 Å². The van der Waals surface area contributed by atoms with Crippen LogP contribution in [0.4, 0.5) is 15.3 Å². The second kappa shape index (κ2) is 11.9. The maximum absolute atomic E-state index is 13.4. The van der Waals surface area contributed by atoms with Crippen molar-refractivity contribution in [3.8, 4) is 0 Å². The minimum atomic E-state index is -0.990. The number of nitrogens with two attached hydrogens (primary N) is 1. The fraction of sp³-hybridized carbons (Fsp3) is 0.500. The summed E-state index contributed by atoms with van der Waals surface area (Å²) in [5, 5.41) is 0. The third-order valence-corrected chi connectivity index (χ3v) is 5.44. The maximum Gasteiger partial charge on any atom is 0.426 e. The van der Waals surface area contributed by atoms with Crippen molar-refractivity contribution in [2.75, 3.05) is 13.1 Å². The smallest absolute Gasteiger partial charge is 0.426 e. The molecule has 37 heavy (non-hydrogen) atoms. The van der Waals surface area contributed by atoms with Gasteiger partial charge in [-0.3, -0.25) is 9.59 Å². The number of hydrogen-bond donors (Lipinski definition) is 1. The average molecular weight is 579 g/mol. The van der Waals surface area contributed by atoms with Gasteiger partial charge in [0.25, 0.3) is 5.91 Å². The Hall–Kier alpha value is -3.21. The summed E-state index contributed by atoms with van der Waals surface area (Å²) < 4.78 is 11.8. The Morgan fingerprint density at radius 3 is 2.27 bits per heavy atom. The van der Waals surface area contributed by atoms with Gasteiger partial charge in [-0.25, -0.2) is 19.5 Å². The molecule has 2 N–H and O–H groups in total. The summed E-state index contributed by atoms with van der Waals surface area (Å²) in [6.45, 7) is 12.0. The highest BCUT2D eigenvalue weighted by molar-refractivity contribution is 9.10. The summed E-state index contributed by atoms with van der Waals surface area (Å²) in [6, 6.07) is 5.25. The lowest BCUT2D eigenvalue weighted by molar-refractivity contribution is -0.132. The van der Waals surface area contributed by atoms with E-state index in [0.717, 1.165) is 9.37 Å². The molecule has 11 heteroatoms. The van der Waals surface area contributed by atoms with Gasteiger partial charge in [0, 0.05) is 27.7 Å². The van der Waals surface area contributed by atoms with Crippen molar-refractivity contribution in [1.82, 2.24) is 9.80 Å². The zero-order chi connectivity index (χ0) is 28.1. The molecule has 0 radical (unpaired) electrons. The average Bonchev–Trinajstić information content (AvgIpc) is 2.88. The maximum atomic E-state index is 13.4. The van der Waals surface area contributed by atoms with Crippen molar-refractivity contribution < 1.29 is 28.7 Å². The van der Waals surface area contributed by atoms with Crippen LogP contribution in [-0.2, 0) is 19.1 Å². The Labute approximate surface area is 226 Å². The monoisotopic (exact) mass is 578 g/mol. The van der Waals surface area contributed by atoms with Gasteiger partial charge in [0.1, 0.15) is 5.60 Å². The van der Waals surface area contributed by atoms with Gasteiger partial charge in [-0.2, -0.15) is 0 Å². The molecule has 1 aliphatic heterocycles. The number of hydrogen-bond acceptors (Lipinski definition) is 7. The first-order chi connectivity index (χ1) is 17.0. The van der Waals surface area contributed by atoms with Crippen LogP contribution in [-0.4, -0.2) is 63.9 Å². The molecule has 10 nitrogen and oxygen atoms in total. The first kappa shape index (κ1) is 30.0. The van der Waals surface area contributed by atoms with Gasteiger partial charge in [0.05, 0.1) is 18.7 Å². The summed E-state index contributed by atoms with van der Waals surface area (Å²) in [5.41, 5.74) is 4.87. The minimum Gasteiger partial charge on any atom is -0.443 e. The van der Waals surface area contributed by atoms with Crippen LogP contribution in [0.3, 0.4) is 0 Å². The highest BCUT2D eigenvalue weighted by Crippen LogP contribution is 2.31. The fourth-order valence-corrected chi connectivity index (χ4v) is 3.88. The molecule has 1 aromatic rings. The number of imide groups is 1. The van der Waals surface area contributed by atoms with Crippen molar-refractivity contribution in [2.45, 2.75) is 72.4 Å². The van der Waals surface area contributed by atoms with E-state index in [0.29, 0.717) is 24.2 Å². The molecule has 0 saturated carbocycles. The van der Waals surface area contributed by atoms with E-state index in [2.05, 4.69) is 20.9 Å². The summed E-state index contributed by atoms with van der Waals surface area (Å²) in [7, 11) is 0. The van der Waals surface area contributed by atoms with Gasteiger partial charge in [-0.1, -0.05) is 22.9 Å². The van der Waals surface area contributed by atoms with E-state index < -0.39 is 35.1 Å². The van der Waals surface area contributed by atoms with E-state index in [1.165, 1.54) is 4.90 Å². The first-order valence-electron chi connectivity index (χ1n) is 11.9.